The first-order valence-corrected chi connectivity index (χ1v) is 6.52. The second-order valence-electron chi connectivity index (χ2n) is 4.71. The predicted molar refractivity (Wildman–Crippen MR) is 72.3 cm³/mol. The van der Waals surface area contributed by atoms with Crippen LogP contribution in [-0.2, 0) is 15.8 Å². The number of carbonyl (C=O) groups is 1. The third-order valence-corrected chi connectivity index (χ3v) is 3.08. The van der Waals surface area contributed by atoms with Crippen LogP contribution in [0.4, 0.5) is 19.1 Å². The zero-order valence-corrected chi connectivity index (χ0v) is 11.5. The van der Waals surface area contributed by atoms with Crippen molar-refractivity contribution in [2.45, 2.75) is 18.7 Å². The van der Waals surface area contributed by atoms with Crippen LogP contribution in [0, 0.1) is 0 Å². The molecule has 23 heavy (non-hydrogen) atoms. The van der Waals surface area contributed by atoms with Crippen molar-refractivity contribution in [3.63, 3.8) is 0 Å². The van der Waals surface area contributed by atoms with Gasteiger partial charge in [0.15, 0.2) is 6.10 Å². The zero-order valence-electron chi connectivity index (χ0n) is 11.5. The van der Waals surface area contributed by atoms with E-state index in [1.54, 1.807) is 5.10 Å². The summed E-state index contributed by atoms with van der Waals surface area (Å²) in [6.07, 6.45) is -4.87. The Bertz CT molecular complexity index is 742. The summed E-state index contributed by atoms with van der Waals surface area (Å²) in [6, 6.07) is 9.14. The van der Waals surface area contributed by atoms with E-state index in [4.69, 9.17) is 4.84 Å². The van der Waals surface area contributed by atoms with E-state index < -0.39 is 30.0 Å². The molecule has 0 aliphatic carbocycles. The van der Waals surface area contributed by atoms with E-state index in [-0.39, 0.29) is 12.1 Å². The number of aromatic amines is 1. The second kappa shape index (κ2) is 5.71. The smallest absolute Gasteiger partial charge is 0.387 e. The van der Waals surface area contributed by atoms with Crippen molar-refractivity contribution >= 4 is 17.6 Å². The van der Waals surface area contributed by atoms with Gasteiger partial charge in [-0.1, -0.05) is 35.5 Å². The van der Waals surface area contributed by atoms with E-state index in [2.05, 4.69) is 20.6 Å². The topological polar surface area (TPSA) is 92.3 Å². The van der Waals surface area contributed by atoms with Gasteiger partial charge in [-0.2, -0.15) is 18.2 Å². The Balaban J connectivity index is 1.62. The molecule has 1 aromatic heterocycles. The van der Waals surface area contributed by atoms with E-state index in [0.717, 1.165) is 5.56 Å². The molecule has 2 N–H and O–H groups in total. The number of benzene rings is 1. The van der Waals surface area contributed by atoms with Crippen molar-refractivity contribution in [1.29, 1.82) is 0 Å². The average Bonchev–Trinajstić information content (AvgIpc) is 3.16. The summed E-state index contributed by atoms with van der Waals surface area (Å²) < 4.78 is 37.2. The number of hydrogen-bond acceptors (Lipinski definition) is 5. The number of amides is 1. The molecule has 0 saturated heterocycles. The highest BCUT2D eigenvalue weighted by atomic mass is 19.4. The van der Waals surface area contributed by atoms with E-state index in [1.807, 2.05) is 30.3 Å². The van der Waals surface area contributed by atoms with Gasteiger partial charge in [0.25, 0.3) is 5.91 Å². The molecular formula is C13H10F3N5O2. The van der Waals surface area contributed by atoms with Gasteiger partial charge in [0.2, 0.25) is 11.8 Å². The van der Waals surface area contributed by atoms with Crippen LogP contribution in [0.2, 0.25) is 0 Å². The van der Waals surface area contributed by atoms with Gasteiger partial charge < -0.3 is 4.84 Å². The quantitative estimate of drug-likeness (QED) is 0.905. The SMILES string of the molecule is O=C(Nc1n[nH]c(C(F)(F)F)n1)C1=NO[C@H](c2ccccc2)C1. The summed E-state index contributed by atoms with van der Waals surface area (Å²) in [5.74, 6) is -2.48. The van der Waals surface area contributed by atoms with Crippen LogP contribution in [0.1, 0.15) is 23.9 Å². The Morgan fingerprint density at radius 2 is 2.04 bits per heavy atom. The lowest BCUT2D eigenvalue weighted by Gasteiger charge is -2.07. The molecule has 0 saturated carbocycles. The number of rotatable bonds is 3. The zero-order chi connectivity index (χ0) is 16.4. The van der Waals surface area contributed by atoms with Gasteiger partial charge >= 0.3 is 6.18 Å². The second-order valence-corrected chi connectivity index (χ2v) is 4.71. The number of nitrogens with one attached hydrogen (secondary N) is 2. The molecule has 1 aromatic carbocycles. The maximum absolute atomic E-state index is 12.4. The lowest BCUT2D eigenvalue weighted by Crippen LogP contribution is -2.22. The van der Waals surface area contributed by atoms with Crippen LogP contribution in [0.5, 0.6) is 0 Å². The van der Waals surface area contributed by atoms with Crippen LogP contribution >= 0.6 is 0 Å². The molecule has 120 valence electrons. The number of H-pyrrole nitrogens is 1. The molecule has 2 aromatic rings. The first-order chi connectivity index (χ1) is 10.9. The molecule has 1 amide bonds. The van der Waals surface area contributed by atoms with E-state index in [9.17, 15) is 18.0 Å². The third-order valence-electron chi connectivity index (χ3n) is 3.08. The number of aromatic nitrogens is 3. The molecule has 0 radical (unpaired) electrons. The number of halogens is 3. The Kier molecular flexibility index (Phi) is 3.72. The number of hydrogen-bond donors (Lipinski definition) is 2. The molecule has 0 bridgehead atoms. The van der Waals surface area contributed by atoms with Crippen molar-refractivity contribution in [1.82, 2.24) is 15.2 Å². The molecule has 1 aliphatic rings. The van der Waals surface area contributed by atoms with Crippen LogP contribution in [0.3, 0.4) is 0 Å². The fraction of sp³-hybridized carbons (Fsp3) is 0.231. The van der Waals surface area contributed by atoms with Gasteiger partial charge in [-0.25, -0.2) is 0 Å². The average molecular weight is 325 g/mol. The number of oxime groups is 1. The van der Waals surface area contributed by atoms with Crippen LogP contribution in [-0.4, -0.2) is 26.8 Å². The third kappa shape index (κ3) is 3.30. The summed E-state index contributed by atoms with van der Waals surface area (Å²) in [6.45, 7) is 0. The number of alkyl halides is 3. The molecule has 3 rings (SSSR count). The number of anilines is 1. The summed E-state index contributed by atoms with van der Waals surface area (Å²) in [5, 5.41) is 10.8. The number of nitrogens with zero attached hydrogens (tertiary/aromatic N) is 3. The van der Waals surface area contributed by atoms with Crippen LogP contribution in [0.25, 0.3) is 0 Å². The molecule has 2 heterocycles. The highest BCUT2D eigenvalue weighted by Gasteiger charge is 2.36. The minimum absolute atomic E-state index is 0.0530. The largest absolute Gasteiger partial charge is 0.451 e. The van der Waals surface area contributed by atoms with Gasteiger partial charge in [0.05, 0.1) is 0 Å². The van der Waals surface area contributed by atoms with Crippen molar-refractivity contribution in [3.8, 4) is 0 Å². The minimum atomic E-state index is -4.66. The van der Waals surface area contributed by atoms with Crippen molar-refractivity contribution in [2.24, 2.45) is 5.16 Å². The Hall–Kier alpha value is -2.91. The van der Waals surface area contributed by atoms with E-state index in [0.29, 0.717) is 0 Å². The molecule has 10 heteroatoms. The van der Waals surface area contributed by atoms with Gasteiger partial charge in [-0.3, -0.25) is 15.2 Å². The molecule has 7 nitrogen and oxygen atoms in total. The summed E-state index contributed by atoms with van der Waals surface area (Å²) in [5.41, 5.74) is 0.897. The monoisotopic (exact) mass is 325 g/mol. The maximum Gasteiger partial charge on any atom is 0.451 e. The fourth-order valence-electron chi connectivity index (χ4n) is 1.98. The number of carbonyl (C=O) groups excluding carboxylic acids is 1. The van der Waals surface area contributed by atoms with Gasteiger partial charge in [0.1, 0.15) is 5.71 Å². The Morgan fingerprint density at radius 3 is 2.70 bits per heavy atom. The van der Waals surface area contributed by atoms with Gasteiger partial charge in [-0.15, -0.1) is 5.10 Å². The molecule has 1 aliphatic heterocycles. The first kappa shape index (κ1) is 15.0. The van der Waals surface area contributed by atoms with Crippen molar-refractivity contribution in [3.05, 3.63) is 41.7 Å². The molecule has 1 atom stereocenters. The van der Waals surface area contributed by atoms with Crippen LogP contribution in [0.15, 0.2) is 35.5 Å². The highest BCUT2D eigenvalue weighted by molar-refractivity contribution is 6.43. The van der Waals surface area contributed by atoms with Crippen molar-refractivity contribution in [2.75, 3.05) is 5.32 Å². The molecule has 0 unspecified atom stereocenters. The Morgan fingerprint density at radius 1 is 1.30 bits per heavy atom. The molecular weight excluding hydrogens is 315 g/mol. The van der Waals surface area contributed by atoms with Gasteiger partial charge in [-0.05, 0) is 5.56 Å². The summed E-state index contributed by atoms with van der Waals surface area (Å²) in [4.78, 5) is 20.3. The lowest BCUT2D eigenvalue weighted by atomic mass is 10.0. The molecule has 0 fully saturated rings. The Labute approximate surface area is 127 Å². The minimum Gasteiger partial charge on any atom is -0.387 e. The van der Waals surface area contributed by atoms with Crippen molar-refractivity contribution < 1.29 is 22.8 Å². The van der Waals surface area contributed by atoms with Gasteiger partial charge in [0, 0.05) is 6.42 Å². The highest BCUT2D eigenvalue weighted by Crippen LogP contribution is 2.28. The fourth-order valence-corrected chi connectivity index (χ4v) is 1.98. The molecule has 0 spiro atoms. The lowest BCUT2D eigenvalue weighted by molar-refractivity contribution is -0.144. The first-order valence-electron chi connectivity index (χ1n) is 6.52. The predicted octanol–water partition coefficient (Wildman–Crippen LogP) is 2.28. The summed E-state index contributed by atoms with van der Waals surface area (Å²) >= 11 is 0. The van der Waals surface area contributed by atoms with E-state index in [1.165, 1.54) is 0 Å². The normalized spacial score (nSPS) is 17.5. The summed E-state index contributed by atoms with van der Waals surface area (Å²) in [7, 11) is 0. The standard InChI is InChI=1S/C13H10F3N5O2/c14-13(15,16)11-18-12(20-19-11)17-10(22)8-6-9(23-21-8)7-4-2-1-3-5-7/h1-5,9H,6H2,(H2,17,18,19,20,22)/t9-/m0/s1. The van der Waals surface area contributed by atoms with Crippen LogP contribution < -0.4 is 5.32 Å². The maximum atomic E-state index is 12.4. The van der Waals surface area contributed by atoms with E-state index >= 15 is 0 Å².